The minimum Gasteiger partial charge on any atom is -0.335 e. The van der Waals surface area contributed by atoms with Gasteiger partial charge < -0.3 is 15.5 Å². The summed E-state index contributed by atoms with van der Waals surface area (Å²) < 4.78 is 25.0. The standard InChI is InChI=1S/C15H21F2N3O2/c1-3-9-20(10-13(16)17)14(21)11(2)18-15(22)19-12-7-5-4-6-8-12/h4-8,11,13H,3,9-10H2,1-2H3,(H2,18,19,22). The van der Waals surface area contributed by atoms with E-state index in [0.717, 1.165) is 4.90 Å². The number of rotatable bonds is 7. The molecule has 0 aromatic heterocycles. The van der Waals surface area contributed by atoms with Gasteiger partial charge in [-0.25, -0.2) is 13.6 Å². The van der Waals surface area contributed by atoms with Gasteiger partial charge in [0, 0.05) is 12.2 Å². The summed E-state index contributed by atoms with van der Waals surface area (Å²) in [5, 5.41) is 5.02. The van der Waals surface area contributed by atoms with Crippen molar-refractivity contribution in [2.24, 2.45) is 0 Å². The number of amides is 3. The molecule has 0 fully saturated rings. The zero-order chi connectivity index (χ0) is 16.5. The summed E-state index contributed by atoms with van der Waals surface area (Å²) in [4.78, 5) is 25.0. The molecule has 0 saturated heterocycles. The van der Waals surface area contributed by atoms with Crippen molar-refractivity contribution in [2.75, 3.05) is 18.4 Å². The summed E-state index contributed by atoms with van der Waals surface area (Å²) in [5.41, 5.74) is 0.581. The Hall–Kier alpha value is -2.18. The minimum absolute atomic E-state index is 0.232. The number of hydrogen-bond acceptors (Lipinski definition) is 2. The van der Waals surface area contributed by atoms with Gasteiger partial charge in [-0.15, -0.1) is 0 Å². The molecule has 0 saturated carbocycles. The number of benzene rings is 1. The Morgan fingerprint density at radius 1 is 1.23 bits per heavy atom. The monoisotopic (exact) mass is 313 g/mol. The number of carbonyl (C=O) groups is 2. The van der Waals surface area contributed by atoms with Crippen LogP contribution in [0.15, 0.2) is 30.3 Å². The van der Waals surface area contributed by atoms with Crippen molar-refractivity contribution in [3.05, 3.63) is 30.3 Å². The molecule has 0 radical (unpaired) electrons. The van der Waals surface area contributed by atoms with Crippen molar-refractivity contribution in [1.29, 1.82) is 0 Å². The van der Waals surface area contributed by atoms with Crippen molar-refractivity contribution in [2.45, 2.75) is 32.7 Å². The summed E-state index contributed by atoms with van der Waals surface area (Å²) in [7, 11) is 0. The first-order valence-electron chi connectivity index (χ1n) is 7.13. The molecule has 0 heterocycles. The molecule has 3 amide bonds. The molecule has 122 valence electrons. The number of nitrogens with one attached hydrogen (secondary N) is 2. The normalized spacial score (nSPS) is 11.9. The first kappa shape index (κ1) is 17.9. The molecule has 1 rings (SSSR count). The highest BCUT2D eigenvalue weighted by Gasteiger charge is 2.23. The third kappa shape index (κ3) is 6.07. The predicted molar refractivity (Wildman–Crippen MR) is 80.9 cm³/mol. The van der Waals surface area contributed by atoms with E-state index in [1.807, 2.05) is 6.07 Å². The zero-order valence-corrected chi connectivity index (χ0v) is 12.7. The number of para-hydroxylation sites is 1. The quantitative estimate of drug-likeness (QED) is 0.813. The van der Waals surface area contributed by atoms with Crippen molar-refractivity contribution < 1.29 is 18.4 Å². The van der Waals surface area contributed by atoms with Crippen LogP contribution < -0.4 is 10.6 Å². The molecule has 0 aliphatic rings. The number of hydrogen-bond donors (Lipinski definition) is 2. The van der Waals surface area contributed by atoms with Crippen LogP contribution in [0.4, 0.5) is 19.3 Å². The zero-order valence-electron chi connectivity index (χ0n) is 12.7. The first-order valence-corrected chi connectivity index (χ1v) is 7.13. The average Bonchev–Trinajstić information content (AvgIpc) is 2.46. The Morgan fingerprint density at radius 3 is 2.41 bits per heavy atom. The highest BCUT2D eigenvalue weighted by Crippen LogP contribution is 2.06. The van der Waals surface area contributed by atoms with Gasteiger partial charge in [0.05, 0.1) is 6.54 Å². The first-order chi connectivity index (χ1) is 10.4. The number of halogens is 2. The lowest BCUT2D eigenvalue weighted by atomic mass is 10.2. The molecule has 0 bridgehead atoms. The van der Waals surface area contributed by atoms with E-state index in [1.54, 1.807) is 31.2 Å². The van der Waals surface area contributed by atoms with Crippen LogP contribution in [0.1, 0.15) is 20.3 Å². The highest BCUT2D eigenvalue weighted by molar-refractivity contribution is 5.93. The van der Waals surface area contributed by atoms with Crippen molar-refractivity contribution in [3.63, 3.8) is 0 Å². The van der Waals surface area contributed by atoms with Gasteiger partial charge in [-0.3, -0.25) is 4.79 Å². The van der Waals surface area contributed by atoms with E-state index in [2.05, 4.69) is 10.6 Å². The fourth-order valence-corrected chi connectivity index (χ4v) is 1.95. The molecular weight excluding hydrogens is 292 g/mol. The van der Waals surface area contributed by atoms with E-state index in [9.17, 15) is 18.4 Å². The van der Waals surface area contributed by atoms with Gasteiger partial charge in [0.2, 0.25) is 5.91 Å². The maximum atomic E-state index is 12.5. The van der Waals surface area contributed by atoms with Crippen molar-refractivity contribution in [1.82, 2.24) is 10.2 Å². The molecule has 5 nitrogen and oxygen atoms in total. The lowest BCUT2D eigenvalue weighted by molar-refractivity contribution is -0.134. The minimum atomic E-state index is -2.60. The molecule has 1 aromatic carbocycles. The number of alkyl halides is 2. The molecular formula is C15H21F2N3O2. The molecule has 1 unspecified atom stereocenters. The largest absolute Gasteiger partial charge is 0.335 e. The van der Waals surface area contributed by atoms with E-state index >= 15 is 0 Å². The van der Waals surface area contributed by atoms with Crippen molar-refractivity contribution in [3.8, 4) is 0 Å². The summed E-state index contributed by atoms with van der Waals surface area (Å²) in [6, 6.07) is 7.29. The number of anilines is 1. The van der Waals surface area contributed by atoms with Crippen LogP contribution in [0, 0.1) is 0 Å². The average molecular weight is 313 g/mol. The van der Waals surface area contributed by atoms with E-state index in [-0.39, 0.29) is 6.54 Å². The predicted octanol–water partition coefficient (Wildman–Crippen LogP) is 2.70. The molecule has 1 aromatic rings. The molecule has 7 heteroatoms. The van der Waals surface area contributed by atoms with Crippen LogP contribution in [-0.2, 0) is 4.79 Å². The molecule has 1 atom stereocenters. The van der Waals surface area contributed by atoms with Crippen LogP contribution in [0.2, 0.25) is 0 Å². The fraction of sp³-hybridized carbons (Fsp3) is 0.467. The Labute approximate surface area is 128 Å². The van der Waals surface area contributed by atoms with E-state index in [4.69, 9.17) is 0 Å². The molecule has 2 N–H and O–H groups in total. The van der Waals surface area contributed by atoms with Gasteiger partial charge in [-0.05, 0) is 25.5 Å². The van der Waals surface area contributed by atoms with Crippen LogP contribution in [-0.4, -0.2) is 42.4 Å². The smallest absolute Gasteiger partial charge is 0.319 e. The van der Waals surface area contributed by atoms with Crippen LogP contribution in [0.25, 0.3) is 0 Å². The Morgan fingerprint density at radius 2 is 1.86 bits per heavy atom. The van der Waals surface area contributed by atoms with Gasteiger partial charge in [-0.1, -0.05) is 25.1 Å². The summed E-state index contributed by atoms with van der Waals surface area (Å²) >= 11 is 0. The van der Waals surface area contributed by atoms with Crippen LogP contribution in [0.3, 0.4) is 0 Å². The Bertz CT molecular complexity index is 483. The molecule has 0 aliphatic heterocycles. The molecule has 22 heavy (non-hydrogen) atoms. The van der Waals surface area contributed by atoms with Gasteiger partial charge in [-0.2, -0.15) is 0 Å². The molecule has 0 spiro atoms. The van der Waals surface area contributed by atoms with Crippen LogP contribution >= 0.6 is 0 Å². The highest BCUT2D eigenvalue weighted by atomic mass is 19.3. The SMILES string of the molecule is CCCN(CC(F)F)C(=O)C(C)NC(=O)Nc1ccccc1. The number of urea groups is 1. The van der Waals surface area contributed by atoms with Gasteiger partial charge in [0.15, 0.2) is 0 Å². The Balaban J connectivity index is 2.56. The lowest BCUT2D eigenvalue weighted by Gasteiger charge is -2.25. The van der Waals surface area contributed by atoms with Gasteiger partial charge in [0.1, 0.15) is 6.04 Å². The van der Waals surface area contributed by atoms with Gasteiger partial charge >= 0.3 is 6.03 Å². The maximum absolute atomic E-state index is 12.5. The van der Waals surface area contributed by atoms with E-state index < -0.39 is 31.0 Å². The van der Waals surface area contributed by atoms with Gasteiger partial charge in [0.25, 0.3) is 6.43 Å². The third-order valence-corrected chi connectivity index (χ3v) is 2.91. The summed E-state index contributed by atoms with van der Waals surface area (Å²) in [6.07, 6.45) is -2.03. The second-order valence-corrected chi connectivity index (χ2v) is 4.86. The third-order valence-electron chi connectivity index (χ3n) is 2.91. The summed E-state index contributed by atoms with van der Waals surface area (Å²) in [5.74, 6) is -0.523. The van der Waals surface area contributed by atoms with Crippen molar-refractivity contribution >= 4 is 17.6 Å². The lowest BCUT2D eigenvalue weighted by Crippen LogP contribution is -2.49. The van der Waals surface area contributed by atoms with E-state index in [1.165, 1.54) is 6.92 Å². The number of carbonyl (C=O) groups excluding carboxylic acids is 2. The summed E-state index contributed by atoms with van der Waals surface area (Å²) in [6.45, 7) is 2.88. The van der Waals surface area contributed by atoms with Crippen LogP contribution in [0.5, 0.6) is 0 Å². The maximum Gasteiger partial charge on any atom is 0.319 e. The topological polar surface area (TPSA) is 61.4 Å². The fourth-order valence-electron chi connectivity index (χ4n) is 1.95. The van der Waals surface area contributed by atoms with E-state index in [0.29, 0.717) is 12.1 Å². The number of nitrogens with zero attached hydrogens (tertiary/aromatic N) is 1. The molecule has 0 aliphatic carbocycles. The Kier molecular flexibility index (Phi) is 7.28. The second kappa shape index (κ2) is 8.96. The second-order valence-electron chi connectivity index (χ2n) is 4.86.